The van der Waals surface area contributed by atoms with Crippen LogP contribution in [0.3, 0.4) is 0 Å². The third-order valence-electron chi connectivity index (χ3n) is 7.59. The van der Waals surface area contributed by atoms with Crippen molar-refractivity contribution in [3.63, 3.8) is 0 Å². The van der Waals surface area contributed by atoms with Crippen LogP contribution in [0.1, 0.15) is 50.4 Å². The highest BCUT2D eigenvalue weighted by molar-refractivity contribution is 7.89. The molecule has 0 radical (unpaired) electrons. The molecule has 8 heteroatoms. The molecule has 35 heavy (non-hydrogen) atoms. The average Bonchev–Trinajstić information content (AvgIpc) is 3.09. The summed E-state index contributed by atoms with van der Waals surface area (Å²) < 4.78 is 34.2. The molecule has 2 heterocycles. The van der Waals surface area contributed by atoms with Gasteiger partial charge in [0.15, 0.2) is 0 Å². The van der Waals surface area contributed by atoms with Crippen LogP contribution in [0.5, 0.6) is 0 Å². The van der Waals surface area contributed by atoms with E-state index < -0.39 is 10.0 Å². The first-order chi connectivity index (χ1) is 16.6. The fourth-order valence-corrected chi connectivity index (χ4v) is 8.23. The third kappa shape index (κ3) is 4.84. The summed E-state index contributed by atoms with van der Waals surface area (Å²) in [4.78, 5) is 15.5. The minimum atomic E-state index is -3.62. The summed E-state index contributed by atoms with van der Waals surface area (Å²) in [7, 11) is -3.62. The Balaban J connectivity index is 1.32. The lowest BCUT2D eigenvalue weighted by molar-refractivity contribution is 0.102. The highest BCUT2D eigenvalue weighted by atomic mass is 32.2. The fraction of sp³-hybridized carbons (Fsp3) is 0.519. The van der Waals surface area contributed by atoms with Crippen molar-refractivity contribution >= 4 is 27.3 Å². The number of carbonyl (C=O) groups is 1. The molecule has 1 amide bonds. The number of para-hydroxylation sites is 2. The number of ether oxygens (including phenoxy) is 1. The van der Waals surface area contributed by atoms with Crippen molar-refractivity contribution in [3.8, 4) is 0 Å². The molecule has 2 atom stereocenters. The predicted octanol–water partition coefficient (Wildman–Crippen LogP) is 4.36. The van der Waals surface area contributed by atoms with Crippen LogP contribution in [-0.4, -0.2) is 57.5 Å². The van der Waals surface area contributed by atoms with Gasteiger partial charge in [-0.15, -0.1) is 0 Å². The number of fused-ring (bicyclic) bond motifs is 2. The topological polar surface area (TPSA) is 79.0 Å². The van der Waals surface area contributed by atoms with E-state index in [0.717, 1.165) is 43.7 Å². The van der Waals surface area contributed by atoms with E-state index in [1.165, 1.54) is 0 Å². The molecule has 2 aromatic carbocycles. The zero-order chi connectivity index (χ0) is 24.8. The van der Waals surface area contributed by atoms with E-state index >= 15 is 0 Å². The highest BCUT2D eigenvalue weighted by Crippen LogP contribution is 2.53. The first-order valence-electron chi connectivity index (χ1n) is 12.4. The summed E-state index contributed by atoms with van der Waals surface area (Å²) in [6.07, 6.45) is 2.83. The van der Waals surface area contributed by atoms with Gasteiger partial charge >= 0.3 is 0 Å². The van der Waals surface area contributed by atoms with Crippen molar-refractivity contribution in [1.29, 1.82) is 0 Å². The van der Waals surface area contributed by atoms with E-state index in [1.54, 1.807) is 28.6 Å². The Hall–Kier alpha value is -2.42. The molecule has 1 aliphatic carbocycles. The van der Waals surface area contributed by atoms with E-state index in [1.807, 2.05) is 24.3 Å². The number of carbonyl (C=O) groups excluding carboxylic acids is 1. The Morgan fingerprint density at radius 2 is 1.69 bits per heavy atom. The number of sulfonamides is 1. The SMILES string of the molecule is CC1(C)C[C@@H]2C[C@](C)(CN2S(=O)(=O)c2ccc(C(=O)Nc3ccccc3N3CCOCC3)cc2)C1. The van der Waals surface area contributed by atoms with Crippen molar-refractivity contribution in [1.82, 2.24) is 4.31 Å². The van der Waals surface area contributed by atoms with E-state index in [-0.39, 0.29) is 27.7 Å². The number of nitrogens with zero attached hydrogens (tertiary/aromatic N) is 2. The molecular formula is C27H35N3O4S. The highest BCUT2D eigenvalue weighted by Gasteiger charge is 2.53. The van der Waals surface area contributed by atoms with Crippen molar-refractivity contribution in [3.05, 3.63) is 54.1 Å². The Labute approximate surface area is 208 Å². The van der Waals surface area contributed by atoms with Gasteiger partial charge in [0.2, 0.25) is 10.0 Å². The second-order valence-corrected chi connectivity index (χ2v) is 13.2. The maximum Gasteiger partial charge on any atom is 0.255 e. The molecule has 2 saturated heterocycles. The van der Waals surface area contributed by atoms with E-state index in [0.29, 0.717) is 25.3 Å². The molecule has 1 N–H and O–H groups in total. The Morgan fingerprint density at radius 3 is 2.40 bits per heavy atom. The molecule has 188 valence electrons. The molecule has 3 fully saturated rings. The molecule has 0 unspecified atom stereocenters. The Kier molecular flexibility index (Phi) is 6.18. The van der Waals surface area contributed by atoms with Crippen LogP contribution in [0.25, 0.3) is 0 Å². The van der Waals surface area contributed by atoms with Gasteiger partial charge in [-0.2, -0.15) is 4.31 Å². The van der Waals surface area contributed by atoms with E-state index in [9.17, 15) is 13.2 Å². The zero-order valence-corrected chi connectivity index (χ0v) is 21.6. The van der Waals surface area contributed by atoms with Crippen molar-refractivity contribution in [2.75, 3.05) is 43.1 Å². The lowest BCUT2D eigenvalue weighted by atomic mass is 9.65. The summed E-state index contributed by atoms with van der Waals surface area (Å²) in [5.41, 5.74) is 2.28. The Morgan fingerprint density at radius 1 is 1.00 bits per heavy atom. The van der Waals surface area contributed by atoms with Crippen LogP contribution >= 0.6 is 0 Å². The first kappa shape index (κ1) is 24.3. The van der Waals surface area contributed by atoms with Gasteiger partial charge < -0.3 is 15.0 Å². The lowest BCUT2D eigenvalue weighted by Crippen LogP contribution is -2.37. The first-order valence-corrected chi connectivity index (χ1v) is 13.9. The van der Waals surface area contributed by atoms with Crippen LogP contribution in [0.4, 0.5) is 11.4 Å². The second kappa shape index (κ2) is 8.91. The van der Waals surface area contributed by atoms with Crippen LogP contribution < -0.4 is 10.2 Å². The van der Waals surface area contributed by atoms with Gasteiger partial charge in [-0.05, 0) is 66.5 Å². The van der Waals surface area contributed by atoms with Gasteiger partial charge in [0.1, 0.15) is 0 Å². The number of amides is 1. The van der Waals surface area contributed by atoms with E-state index in [4.69, 9.17) is 4.74 Å². The number of morpholine rings is 1. The van der Waals surface area contributed by atoms with Crippen LogP contribution in [0, 0.1) is 10.8 Å². The smallest absolute Gasteiger partial charge is 0.255 e. The molecule has 3 aliphatic rings. The largest absolute Gasteiger partial charge is 0.378 e. The number of nitrogens with one attached hydrogen (secondary N) is 1. The van der Waals surface area contributed by atoms with E-state index in [2.05, 4.69) is 31.0 Å². The number of benzene rings is 2. The van der Waals surface area contributed by atoms with Crippen molar-refractivity contribution in [2.45, 2.75) is 51.0 Å². The van der Waals surface area contributed by atoms with Crippen molar-refractivity contribution < 1.29 is 17.9 Å². The van der Waals surface area contributed by atoms with Gasteiger partial charge in [-0.1, -0.05) is 32.9 Å². The van der Waals surface area contributed by atoms with Gasteiger partial charge in [0.25, 0.3) is 5.91 Å². The van der Waals surface area contributed by atoms with Crippen molar-refractivity contribution in [2.24, 2.45) is 10.8 Å². The third-order valence-corrected chi connectivity index (χ3v) is 9.51. The number of hydrogen-bond donors (Lipinski definition) is 1. The lowest BCUT2D eigenvalue weighted by Gasteiger charge is -2.39. The minimum absolute atomic E-state index is 0.0210. The molecule has 1 saturated carbocycles. The zero-order valence-electron chi connectivity index (χ0n) is 20.8. The molecule has 2 aromatic rings. The molecule has 7 nitrogen and oxygen atoms in total. The molecule has 0 aromatic heterocycles. The maximum atomic E-state index is 13.5. The van der Waals surface area contributed by atoms with Gasteiger partial charge in [0, 0.05) is 31.2 Å². The van der Waals surface area contributed by atoms with Gasteiger partial charge in [-0.25, -0.2) is 8.42 Å². The molecule has 2 aliphatic heterocycles. The summed E-state index contributed by atoms with van der Waals surface area (Å²) >= 11 is 0. The molecule has 0 spiro atoms. The maximum absolute atomic E-state index is 13.5. The monoisotopic (exact) mass is 497 g/mol. The quantitative estimate of drug-likeness (QED) is 0.664. The summed E-state index contributed by atoms with van der Waals surface area (Å²) in [6, 6.07) is 14.1. The Bertz CT molecular complexity index is 1210. The normalized spacial score (nSPS) is 26.5. The molecule has 2 bridgehead atoms. The minimum Gasteiger partial charge on any atom is -0.378 e. The number of hydrogen-bond acceptors (Lipinski definition) is 5. The fourth-order valence-electron chi connectivity index (χ4n) is 6.46. The predicted molar refractivity (Wildman–Crippen MR) is 137 cm³/mol. The summed E-state index contributed by atoms with van der Waals surface area (Å²) in [6.45, 7) is 10.1. The molecule has 5 rings (SSSR count). The van der Waals surface area contributed by atoms with Gasteiger partial charge in [-0.3, -0.25) is 4.79 Å². The second-order valence-electron chi connectivity index (χ2n) is 11.4. The summed E-state index contributed by atoms with van der Waals surface area (Å²) in [5, 5.41) is 3.00. The van der Waals surface area contributed by atoms with Crippen LogP contribution in [-0.2, 0) is 14.8 Å². The van der Waals surface area contributed by atoms with Crippen LogP contribution in [0.2, 0.25) is 0 Å². The standard InChI is InChI=1S/C27H35N3O4S/c1-26(2)16-21-17-27(3,18-26)19-30(21)35(32,33)22-10-8-20(9-11-22)25(31)28-23-6-4-5-7-24(23)29-12-14-34-15-13-29/h4-11,21H,12-19H2,1-3H3,(H,28,31)/t21-,27+/m1/s1. The average molecular weight is 498 g/mol. The molecular weight excluding hydrogens is 462 g/mol. The van der Waals surface area contributed by atoms with Gasteiger partial charge in [0.05, 0.1) is 29.5 Å². The summed E-state index contributed by atoms with van der Waals surface area (Å²) in [5.74, 6) is -0.263. The van der Waals surface area contributed by atoms with Crippen LogP contribution in [0.15, 0.2) is 53.4 Å². The number of rotatable bonds is 5. The number of anilines is 2.